The van der Waals surface area contributed by atoms with Gasteiger partial charge in [-0.3, -0.25) is 4.79 Å². The van der Waals surface area contributed by atoms with Crippen LogP contribution >= 0.6 is 15.9 Å². The maximum atomic E-state index is 12.4. The number of nitrogens with one attached hydrogen (secondary N) is 1. The number of likely N-dealkylation sites (tertiary alicyclic amines) is 1. The number of carbonyl (C=O) groups is 2. The fourth-order valence-corrected chi connectivity index (χ4v) is 3.18. The number of alkyl carbamates (subject to hydrolysis) is 1. The molecule has 0 aliphatic carbocycles. The van der Waals surface area contributed by atoms with E-state index in [1.165, 1.54) is 7.11 Å². The van der Waals surface area contributed by atoms with E-state index in [0.717, 1.165) is 22.9 Å². The van der Waals surface area contributed by atoms with Crippen LogP contribution in [0.3, 0.4) is 0 Å². The second-order valence-electron chi connectivity index (χ2n) is 5.68. The van der Waals surface area contributed by atoms with Crippen LogP contribution in [0, 0.1) is 0 Å². The number of alkyl halides is 3. The third-order valence-corrected chi connectivity index (χ3v) is 4.37. The number of hydrogen-bond acceptors (Lipinski definition) is 4. The van der Waals surface area contributed by atoms with Crippen molar-refractivity contribution in [3.63, 3.8) is 0 Å². The maximum absolute atomic E-state index is 12.4. The molecule has 0 radical (unpaired) electrons. The van der Waals surface area contributed by atoms with E-state index in [9.17, 15) is 22.8 Å². The predicted molar refractivity (Wildman–Crippen MR) is 89.8 cm³/mol. The molecule has 1 aliphatic heterocycles. The second-order valence-corrected chi connectivity index (χ2v) is 6.59. The molecule has 6 nitrogen and oxygen atoms in total. The van der Waals surface area contributed by atoms with Gasteiger partial charge in [0, 0.05) is 16.6 Å². The van der Waals surface area contributed by atoms with Crippen LogP contribution in [0.4, 0.5) is 18.0 Å². The molecule has 1 unspecified atom stereocenters. The van der Waals surface area contributed by atoms with E-state index in [1.54, 1.807) is 11.0 Å². The minimum Gasteiger partial charge on any atom is -0.496 e. The molecule has 10 heteroatoms. The number of nitrogens with zero attached hydrogens (tertiary/aromatic N) is 1. The molecule has 1 heterocycles. The fraction of sp³-hybridized carbons (Fsp3) is 0.500. The molecule has 1 fully saturated rings. The number of carbonyl (C=O) groups excluding carboxylic acids is 2. The average molecular weight is 439 g/mol. The summed E-state index contributed by atoms with van der Waals surface area (Å²) in [7, 11) is 1.53. The SMILES string of the molecule is COc1ccc(Br)cc1C1CCCN1C(=O)CNC(=O)OCC(F)(F)F. The van der Waals surface area contributed by atoms with Gasteiger partial charge in [-0.2, -0.15) is 13.2 Å². The van der Waals surface area contributed by atoms with Gasteiger partial charge in [-0.25, -0.2) is 4.79 Å². The van der Waals surface area contributed by atoms with Gasteiger partial charge in [0.25, 0.3) is 0 Å². The molecule has 2 amide bonds. The van der Waals surface area contributed by atoms with Gasteiger partial charge in [0.1, 0.15) is 12.3 Å². The van der Waals surface area contributed by atoms with Gasteiger partial charge >= 0.3 is 12.3 Å². The van der Waals surface area contributed by atoms with Gasteiger partial charge in [-0.15, -0.1) is 0 Å². The summed E-state index contributed by atoms with van der Waals surface area (Å²) in [5.41, 5.74) is 0.826. The third-order valence-electron chi connectivity index (χ3n) is 3.87. The number of hydrogen-bond donors (Lipinski definition) is 1. The first-order valence-corrected chi connectivity index (χ1v) is 8.61. The first-order valence-electron chi connectivity index (χ1n) is 7.81. The van der Waals surface area contributed by atoms with Gasteiger partial charge in [-0.05, 0) is 31.0 Å². The number of methoxy groups -OCH3 is 1. The van der Waals surface area contributed by atoms with E-state index in [4.69, 9.17) is 4.74 Å². The lowest BCUT2D eigenvalue weighted by Gasteiger charge is -2.26. The predicted octanol–water partition coefficient (Wildman–Crippen LogP) is 3.41. The monoisotopic (exact) mass is 438 g/mol. The summed E-state index contributed by atoms with van der Waals surface area (Å²) in [6.07, 6.45) is -4.41. The Balaban J connectivity index is 1.98. The molecule has 0 aromatic heterocycles. The van der Waals surface area contributed by atoms with Crippen LogP contribution in [0.2, 0.25) is 0 Å². The Kier molecular flexibility index (Phi) is 6.74. The van der Waals surface area contributed by atoms with Crippen molar-refractivity contribution in [1.82, 2.24) is 10.2 Å². The highest BCUT2D eigenvalue weighted by atomic mass is 79.9. The van der Waals surface area contributed by atoms with Gasteiger partial charge in [0.05, 0.1) is 13.2 Å². The number of rotatable bonds is 5. The lowest BCUT2D eigenvalue weighted by atomic mass is 10.0. The molecular formula is C16H18BrF3N2O4. The van der Waals surface area contributed by atoms with E-state index in [-0.39, 0.29) is 6.04 Å². The molecule has 144 valence electrons. The third kappa shape index (κ3) is 5.52. The Hall–Kier alpha value is -1.97. The zero-order chi connectivity index (χ0) is 19.3. The van der Waals surface area contributed by atoms with Crippen molar-refractivity contribution in [2.24, 2.45) is 0 Å². The summed E-state index contributed by atoms with van der Waals surface area (Å²) in [6, 6.07) is 5.23. The van der Waals surface area contributed by atoms with Gasteiger partial charge in [0.2, 0.25) is 5.91 Å². The van der Waals surface area contributed by atoms with Crippen molar-refractivity contribution in [3.05, 3.63) is 28.2 Å². The minimum absolute atomic E-state index is 0.233. The highest BCUT2D eigenvalue weighted by Crippen LogP contribution is 2.38. The van der Waals surface area contributed by atoms with E-state index in [2.05, 4.69) is 26.0 Å². The van der Waals surface area contributed by atoms with Crippen molar-refractivity contribution >= 4 is 27.9 Å². The Morgan fingerprint density at radius 1 is 1.38 bits per heavy atom. The molecule has 1 aromatic rings. The number of halogens is 4. The van der Waals surface area contributed by atoms with Crippen LogP contribution in [0.15, 0.2) is 22.7 Å². The van der Waals surface area contributed by atoms with Crippen molar-refractivity contribution in [2.45, 2.75) is 25.1 Å². The lowest BCUT2D eigenvalue weighted by Crippen LogP contribution is -2.40. The molecule has 1 N–H and O–H groups in total. The zero-order valence-corrected chi connectivity index (χ0v) is 15.5. The normalized spacial score (nSPS) is 17.1. The quantitative estimate of drug-likeness (QED) is 0.764. The molecule has 1 saturated heterocycles. The van der Waals surface area contributed by atoms with Gasteiger partial charge < -0.3 is 19.7 Å². The first-order chi connectivity index (χ1) is 12.2. The Morgan fingerprint density at radius 3 is 2.77 bits per heavy atom. The smallest absolute Gasteiger partial charge is 0.422 e. The largest absolute Gasteiger partial charge is 0.496 e. The summed E-state index contributed by atoms with van der Waals surface area (Å²) in [6.45, 7) is -1.66. The molecule has 0 bridgehead atoms. The highest BCUT2D eigenvalue weighted by Gasteiger charge is 2.33. The van der Waals surface area contributed by atoms with Crippen molar-refractivity contribution < 1.29 is 32.2 Å². The van der Waals surface area contributed by atoms with Crippen molar-refractivity contribution in [2.75, 3.05) is 26.8 Å². The zero-order valence-electron chi connectivity index (χ0n) is 13.9. The molecule has 1 atom stereocenters. The van der Waals surface area contributed by atoms with Gasteiger partial charge in [-0.1, -0.05) is 15.9 Å². The van der Waals surface area contributed by atoms with E-state index < -0.39 is 31.3 Å². The van der Waals surface area contributed by atoms with Crippen LogP contribution in [-0.2, 0) is 9.53 Å². The molecule has 2 rings (SSSR count). The molecular weight excluding hydrogens is 421 g/mol. The van der Waals surface area contributed by atoms with Crippen LogP contribution in [-0.4, -0.2) is 49.9 Å². The summed E-state index contributed by atoms with van der Waals surface area (Å²) >= 11 is 3.39. The summed E-state index contributed by atoms with van der Waals surface area (Å²) < 4.78 is 46.2. The van der Waals surface area contributed by atoms with Crippen molar-refractivity contribution in [3.8, 4) is 5.75 Å². The van der Waals surface area contributed by atoms with Gasteiger partial charge in [0.15, 0.2) is 6.61 Å². The van der Waals surface area contributed by atoms with Crippen molar-refractivity contribution in [1.29, 1.82) is 0 Å². The topological polar surface area (TPSA) is 67.9 Å². The van der Waals surface area contributed by atoms with E-state index >= 15 is 0 Å². The highest BCUT2D eigenvalue weighted by molar-refractivity contribution is 9.10. The molecule has 0 spiro atoms. The van der Waals surface area contributed by atoms with E-state index in [1.807, 2.05) is 12.1 Å². The Bertz CT molecular complexity index is 669. The number of ether oxygens (including phenoxy) is 2. The molecule has 1 aromatic carbocycles. The lowest BCUT2D eigenvalue weighted by molar-refractivity contribution is -0.160. The summed E-state index contributed by atoms with van der Waals surface area (Å²) in [5.74, 6) is 0.230. The van der Waals surface area contributed by atoms with Crippen LogP contribution < -0.4 is 10.1 Å². The molecule has 1 aliphatic rings. The fourth-order valence-electron chi connectivity index (χ4n) is 2.80. The van der Waals surface area contributed by atoms with Crippen LogP contribution in [0.25, 0.3) is 0 Å². The van der Waals surface area contributed by atoms with E-state index in [0.29, 0.717) is 12.3 Å². The second kappa shape index (κ2) is 8.61. The molecule has 26 heavy (non-hydrogen) atoms. The number of amides is 2. The summed E-state index contributed by atoms with van der Waals surface area (Å²) in [5, 5.41) is 2.05. The van der Waals surface area contributed by atoms with Crippen LogP contribution in [0.1, 0.15) is 24.4 Å². The Labute approximate surface area is 156 Å². The minimum atomic E-state index is -4.61. The number of benzene rings is 1. The standard InChI is InChI=1S/C16H18BrF3N2O4/c1-25-13-5-4-10(17)7-11(13)12-3-2-6-22(12)14(23)8-21-15(24)26-9-16(18,19)20/h4-5,7,12H,2-3,6,8-9H2,1H3,(H,21,24). The average Bonchev–Trinajstić information content (AvgIpc) is 3.06. The Morgan fingerprint density at radius 2 is 2.12 bits per heavy atom. The summed E-state index contributed by atoms with van der Waals surface area (Å²) in [4.78, 5) is 25.3. The van der Waals surface area contributed by atoms with Crippen LogP contribution in [0.5, 0.6) is 5.75 Å². The molecule has 0 saturated carbocycles. The maximum Gasteiger partial charge on any atom is 0.422 e. The first kappa shape index (κ1) is 20.3.